The van der Waals surface area contributed by atoms with E-state index in [1.165, 1.54) is 33.4 Å². The monoisotopic (exact) mass is 268 g/mol. The van der Waals surface area contributed by atoms with Gasteiger partial charge in [-0.15, -0.1) is 0 Å². The Labute approximate surface area is 122 Å². The van der Waals surface area contributed by atoms with Crippen LogP contribution in [0.1, 0.15) is 46.3 Å². The van der Waals surface area contributed by atoms with Crippen molar-refractivity contribution >= 4 is 0 Å². The summed E-state index contributed by atoms with van der Waals surface area (Å²) in [5, 5.41) is 3.63. The fraction of sp³-hybridized carbons (Fsp3) is 0.389. The van der Waals surface area contributed by atoms with Gasteiger partial charge in [0, 0.05) is 25.0 Å². The molecule has 2 heteroatoms. The maximum Gasteiger partial charge on any atom is 0.0300 e. The van der Waals surface area contributed by atoms with E-state index in [1.54, 1.807) is 0 Å². The van der Waals surface area contributed by atoms with Crippen molar-refractivity contribution in [2.24, 2.45) is 0 Å². The van der Waals surface area contributed by atoms with E-state index in [-0.39, 0.29) is 0 Å². The Morgan fingerprint density at radius 1 is 1.05 bits per heavy atom. The molecule has 0 radical (unpaired) electrons. The number of rotatable bonds is 4. The van der Waals surface area contributed by atoms with Crippen molar-refractivity contribution in [2.45, 2.75) is 47.2 Å². The minimum Gasteiger partial charge on any atom is -0.306 e. The van der Waals surface area contributed by atoms with Crippen LogP contribution in [0.2, 0.25) is 0 Å². The fourth-order valence-electron chi connectivity index (χ4n) is 2.94. The van der Waals surface area contributed by atoms with Crippen LogP contribution in [0.5, 0.6) is 0 Å². The van der Waals surface area contributed by atoms with E-state index >= 15 is 0 Å². The molecule has 1 unspecified atom stereocenters. The largest absolute Gasteiger partial charge is 0.306 e. The summed E-state index contributed by atoms with van der Waals surface area (Å²) in [5.74, 6) is 0. The summed E-state index contributed by atoms with van der Waals surface area (Å²) >= 11 is 0. The van der Waals surface area contributed by atoms with Gasteiger partial charge in [-0.1, -0.05) is 17.7 Å². The highest BCUT2D eigenvalue weighted by Crippen LogP contribution is 2.23. The van der Waals surface area contributed by atoms with Crippen molar-refractivity contribution in [1.82, 2.24) is 10.3 Å². The lowest BCUT2D eigenvalue weighted by molar-refractivity contribution is 0.568. The molecule has 0 aliphatic carbocycles. The average molecular weight is 268 g/mol. The van der Waals surface area contributed by atoms with Crippen molar-refractivity contribution in [3.05, 3.63) is 64.0 Å². The van der Waals surface area contributed by atoms with Crippen molar-refractivity contribution in [2.75, 3.05) is 0 Å². The Hall–Kier alpha value is -1.67. The summed E-state index contributed by atoms with van der Waals surface area (Å²) in [6.45, 7) is 11.8. The van der Waals surface area contributed by atoms with Crippen LogP contribution in [0.3, 0.4) is 0 Å². The van der Waals surface area contributed by atoms with Crippen molar-refractivity contribution in [3.63, 3.8) is 0 Å². The Kier molecular flexibility index (Phi) is 4.56. The molecular weight excluding hydrogens is 244 g/mol. The van der Waals surface area contributed by atoms with Crippen molar-refractivity contribution in [1.29, 1.82) is 0 Å². The van der Waals surface area contributed by atoms with E-state index in [0.717, 1.165) is 6.54 Å². The second kappa shape index (κ2) is 6.19. The molecule has 2 nitrogen and oxygen atoms in total. The Morgan fingerprint density at radius 2 is 1.70 bits per heavy atom. The molecule has 1 heterocycles. The zero-order valence-corrected chi connectivity index (χ0v) is 13.1. The van der Waals surface area contributed by atoms with Crippen LogP contribution in [0.15, 0.2) is 30.6 Å². The lowest BCUT2D eigenvalue weighted by atomic mass is 9.94. The van der Waals surface area contributed by atoms with Gasteiger partial charge in [-0.2, -0.15) is 0 Å². The first-order chi connectivity index (χ1) is 9.49. The van der Waals surface area contributed by atoms with Gasteiger partial charge in [0.2, 0.25) is 0 Å². The predicted molar refractivity (Wildman–Crippen MR) is 84.9 cm³/mol. The molecule has 0 saturated heterocycles. The molecule has 1 aromatic heterocycles. The minimum atomic E-state index is 0.350. The molecule has 2 aromatic rings. The number of nitrogens with zero attached hydrogens (tertiary/aromatic N) is 1. The SMILES string of the molecule is Cc1cc(C)c(C(C)NCc2ccncc2C)c(C)c1. The lowest BCUT2D eigenvalue weighted by Crippen LogP contribution is -2.20. The molecule has 20 heavy (non-hydrogen) atoms. The number of hydrogen-bond donors (Lipinski definition) is 1. The van der Waals surface area contributed by atoms with Crippen LogP contribution >= 0.6 is 0 Å². The first kappa shape index (κ1) is 14.7. The molecule has 0 spiro atoms. The first-order valence-electron chi connectivity index (χ1n) is 7.19. The van der Waals surface area contributed by atoms with Gasteiger partial charge >= 0.3 is 0 Å². The van der Waals surface area contributed by atoms with E-state index in [4.69, 9.17) is 0 Å². The van der Waals surface area contributed by atoms with Gasteiger partial charge < -0.3 is 5.32 Å². The number of aryl methyl sites for hydroxylation is 4. The highest BCUT2D eigenvalue weighted by atomic mass is 14.9. The topological polar surface area (TPSA) is 24.9 Å². The Balaban J connectivity index is 2.13. The predicted octanol–water partition coefficient (Wildman–Crippen LogP) is 4.17. The third-order valence-corrected chi connectivity index (χ3v) is 3.91. The zero-order chi connectivity index (χ0) is 14.7. The van der Waals surface area contributed by atoms with Crippen LogP contribution in [0, 0.1) is 27.7 Å². The normalized spacial score (nSPS) is 12.4. The maximum absolute atomic E-state index is 4.14. The van der Waals surface area contributed by atoms with Gasteiger partial charge in [-0.05, 0) is 68.5 Å². The van der Waals surface area contributed by atoms with Crippen LogP contribution < -0.4 is 5.32 Å². The van der Waals surface area contributed by atoms with E-state index in [2.05, 4.69) is 63.1 Å². The summed E-state index contributed by atoms with van der Waals surface area (Å²) in [7, 11) is 0. The van der Waals surface area contributed by atoms with Gasteiger partial charge in [0.15, 0.2) is 0 Å². The molecule has 1 atom stereocenters. The summed E-state index contributed by atoms with van der Waals surface area (Å²) in [6.07, 6.45) is 3.78. The summed E-state index contributed by atoms with van der Waals surface area (Å²) in [4.78, 5) is 4.14. The molecule has 0 aliphatic heterocycles. The zero-order valence-electron chi connectivity index (χ0n) is 13.1. The van der Waals surface area contributed by atoms with E-state index in [1.807, 2.05) is 12.4 Å². The molecule has 0 bridgehead atoms. The second-order valence-corrected chi connectivity index (χ2v) is 5.72. The fourth-order valence-corrected chi connectivity index (χ4v) is 2.94. The lowest BCUT2D eigenvalue weighted by Gasteiger charge is -2.20. The van der Waals surface area contributed by atoms with Crippen molar-refractivity contribution < 1.29 is 0 Å². The van der Waals surface area contributed by atoms with Gasteiger partial charge in [0.05, 0.1) is 0 Å². The third kappa shape index (κ3) is 3.26. The van der Waals surface area contributed by atoms with Crippen LogP contribution in [0.4, 0.5) is 0 Å². The maximum atomic E-state index is 4.14. The van der Waals surface area contributed by atoms with Crippen molar-refractivity contribution in [3.8, 4) is 0 Å². The number of aromatic nitrogens is 1. The number of benzene rings is 1. The van der Waals surface area contributed by atoms with Gasteiger partial charge in [-0.3, -0.25) is 4.98 Å². The highest BCUT2D eigenvalue weighted by Gasteiger charge is 2.11. The van der Waals surface area contributed by atoms with Gasteiger partial charge in [0.25, 0.3) is 0 Å². The number of pyridine rings is 1. The standard InChI is InChI=1S/C18H24N2/c1-12-8-13(2)18(14(3)9-12)16(5)20-11-17-6-7-19-10-15(17)4/h6-10,16,20H,11H2,1-5H3. The van der Waals surface area contributed by atoms with Crippen LogP contribution in [-0.4, -0.2) is 4.98 Å². The van der Waals surface area contributed by atoms with Gasteiger partial charge in [-0.25, -0.2) is 0 Å². The number of nitrogens with one attached hydrogen (secondary N) is 1. The molecule has 0 aliphatic rings. The minimum absolute atomic E-state index is 0.350. The summed E-state index contributed by atoms with van der Waals surface area (Å²) in [5.41, 5.74) is 8.05. The second-order valence-electron chi connectivity index (χ2n) is 5.72. The van der Waals surface area contributed by atoms with E-state index in [9.17, 15) is 0 Å². The third-order valence-electron chi connectivity index (χ3n) is 3.91. The Morgan fingerprint density at radius 3 is 2.30 bits per heavy atom. The van der Waals surface area contributed by atoms with E-state index < -0.39 is 0 Å². The molecule has 1 N–H and O–H groups in total. The summed E-state index contributed by atoms with van der Waals surface area (Å²) < 4.78 is 0. The molecule has 0 fully saturated rings. The molecule has 2 rings (SSSR count). The molecule has 0 saturated carbocycles. The molecule has 1 aromatic carbocycles. The average Bonchev–Trinajstić information content (AvgIpc) is 2.36. The first-order valence-corrected chi connectivity index (χ1v) is 7.19. The van der Waals surface area contributed by atoms with Crippen LogP contribution in [-0.2, 0) is 6.54 Å². The number of hydrogen-bond acceptors (Lipinski definition) is 2. The van der Waals surface area contributed by atoms with E-state index in [0.29, 0.717) is 6.04 Å². The Bertz CT molecular complexity index is 579. The summed E-state index contributed by atoms with van der Waals surface area (Å²) in [6, 6.07) is 6.96. The smallest absolute Gasteiger partial charge is 0.0300 e. The van der Waals surface area contributed by atoms with Gasteiger partial charge in [0.1, 0.15) is 0 Å². The molecule has 106 valence electrons. The molecule has 0 amide bonds. The molecular formula is C18H24N2. The quantitative estimate of drug-likeness (QED) is 0.900. The van der Waals surface area contributed by atoms with Crippen LogP contribution in [0.25, 0.3) is 0 Å². The highest BCUT2D eigenvalue weighted by molar-refractivity contribution is 5.39.